The van der Waals surface area contributed by atoms with E-state index in [1.54, 1.807) is 34.4 Å². The second kappa shape index (κ2) is 7.21. The number of hydrogen-bond donors (Lipinski definition) is 0. The molecular weight excluding hydrogens is 398 g/mol. The first kappa shape index (κ1) is 17.2. The molecule has 6 nitrogen and oxygen atoms in total. The minimum Gasteiger partial charge on any atom is -0.419 e. The summed E-state index contributed by atoms with van der Waals surface area (Å²) in [7, 11) is 0. The Labute approximate surface area is 168 Å². The molecule has 27 heavy (non-hydrogen) atoms. The molecule has 1 aliphatic rings. The van der Waals surface area contributed by atoms with E-state index in [0.717, 1.165) is 22.3 Å². The summed E-state index contributed by atoms with van der Waals surface area (Å²) in [5, 5.41) is 22.4. The third-order valence-electron chi connectivity index (χ3n) is 4.36. The normalized spacial score (nSPS) is 15.3. The average Bonchev–Trinajstić information content (AvgIpc) is 3.19. The Morgan fingerprint density at radius 2 is 2.00 bits per heavy atom. The van der Waals surface area contributed by atoms with Crippen LogP contribution in [-0.2, 0) is 6.42 Å². The van der Waals surface area contributed by atoms with Gasteiger partial charge in [-0.3, -0.25) is 0 Å². The van der Waals surface area contributed by atoms with Crippen LogP contribution in [0.2, 0.25) is 0 Å². The molecule has 9 heteroatoms. The summed E-state index contributed by atoms with van der Waals surface area (Å²) in [6.45, 7) is 2.07. The molecule has 138 valence electrons. The van der Waals surface area contributed by atoms with Crippen LogP contribution in [0.4, 0.5) is 0 Å². The van der Waals surface area contributed by atoms with Crippen LogP contribution < -0.4 is 0 Å². The van der Waals surface area contributed by atoms with Gasteiger partial charge in [-0.05, 0) is 42.7 Å². The number of aromatic nitrogens is 5. The van der Waals surface area contributed by atoms with Crippen molar-refractivity contribution in [2.45, 2.75) is 42.6 Å². The molecule has 0 aromatic carbocycles. The molecule has 0 N–H and O–H groups in total. The van der Waals surface area contributed by atoms with Crippen molar-refractivity contribution in [1.82, 2.24) is 25.0 Å². The van der Waals surface area contributed by atoms with E-state index in [1.165, 1.54) is 17.7 Å². The highest BCUT2D eigenvalue weighted by Crippen LogP contribution is 2.42. The summed E-state index contributed by atoms with van der Waals surface area (Å²) < 4.78 is 8.18. The second-order valence-corrected chi connectivity index (χ2v) is 9.73. The van der Waals surface area contributed by atoms with E-state index in [9.17, 15) is 0 Å². The van der Waals surface area contributed by atoms with Crippen LogP contribution in [-0.4, -0.2) is 25.0 Å². The first-order valence-corrected chi connectivity index (χ1v) is 11.4. The van der Waals surface area contributed by atoms with E-state index >= 15 is 0 Å². The number of rotatable bonds is 7. The van der Waals surface area contributed by atoms with Crippen LogP contribution in [0.1, 0.15) is 47.6 Å². The molecule has 5 rings (SSSR count). The van der Waals surface area contributed by atoms with Gasteiger partial charge in [-0.1, -0.05) is 23.9 Å². The first-order valence-electron chi connectivity index (χ1n) is 8.78. The maximum atomic E-state index is 5.88. The molecule has 0 radical (unpaired) electrons. The van der Waals surface area contributed by atoms with Crippen molar-refractivity contribution >= 4 is 34.4 Å². The zero-order valence-electron chi connectivity index (χ0n) is 14.6. The van der Waals surface area contributed by atoms with Gasteiger partial charge >= 0.3 is 0 Å². The van der Waals surface area contributed by atoms with Crippen LogP contribution in [0.15, 0.2) is 44.6 Å². The van der Waals surface area contributed by atoms with Crippen molar-refractivity contribution < 1.29 is 4.42 Å². The maximum Gasteiger partial charge on any atom is 0.257 e. The molecule has 4 aromatic rings. The highest BCUT2D eigenvalue weighted by molar-refractivity contribution is 7.99. The van der Waals surface area contributed by atoms with Crippen LogP contribution in [0.3, 0.4) is 0 Å². The van der Waals surface area contributed by atoms with Crippen molar-refractivity contribution in [3.05, 3.63) is 51.6 Å². The molecule has 0 bridgehead atoms. The lowest BCUT2D eigenvalue weighted by Crippen LogP contribution is -2.04. The van der Waals surface area contributed by atoms with E-state index in [-0.39, 0.29) is 5.25 Å². The monoisotopic (exact) mass is 415 g/mol. The molecule has 0 amide bonds. The maximum absolute atomic E-state index is 5.88. The van der Waals surface area contributed by atoms with E-state index in [2.05, 4.69) is 49.4 Å². The quantitative estimate of drug-likeness (QED) is 0.385. The molecule has 0 unspecified atom stereocenters. The van der Waals surface area contributed by atoms with Gasteiger partial charge in [0.1, 0.15) is 5.82 Å². The highest BCUT2D eigenvalue weighted by Gasteiger charge is 2.31. The van der Waals surface area contributed by atoms with Gasteiger partial charge < -0.3 is 8.98 Å². The second-order valence-electron chi connectivity index (χ2n) is 6.44. The Balaban J connectivity index is 1.36. The molecule has 0 spiro atoms. The predicted octanol–water partition coefficient (Wildman–Crippen LogP) is 5.23. The van der Waals surface area contributed by atoms with Gasteiger partial charge in [-0.15, -0.1) is 43.1 Å². The summed E-state index contributed by atoms with van der Waals surface area (Å²) in [6, 6.07) is 8.72. The van der Waals surface area contributed by atoms with Gasteiger partial charge in [0.25, 0.3) is 5.89 Å². The summed E-state index contributed by atoms with van der Waals surface area (Å²) in [5.74, 6) is 2.24. The van der Waals surface area contributed by atoms with Crippen molar-refractivity contribution in [3.63, 3.8) is 0 Å². The Bertz CT molecular complexity index is 1020. The minimum atomic E-state index is 0.0162. The molecule has 4 aromatic heterocycles. The van der Waals surface area contributed by atoms with Crippen molar-refractivity contribution in [2.24, 2.45) is 0 Å². The summed E-state index contributed by atoms with van der Waals surface area (Å²) in [4.78, 5) is 2.30. The summed E-state index contributed by atoms with van der Waals surface area (Å²) >= 11 is 4.99. The van der Waals surface area contributed by atoms with Gasteiger partial charge in [-0.2, -0.15) is 0 Å². The lowest BCUT2D eigenvalue weighted by atomic mass is 10.3. The Kier molecular flexibility index (Phi) is 4.58. The minimum absolute atomic E-state index is 0.0162. The molecule has 1 fully saturated rings. The Morgan fingerprint density at radius 1 is 1.15 bits per heavy atom. The third-order valence-corrected chi connectivity index (χ3v) is 7.14. The lowest BCUT2D eigenvalue weighted by Gasteiger charge is -2.10. The number of hydrogen-bond acceptors (Lipinski definition) is 8. The fourth-order valence-electron chi connectivity index (χ4n) is 2.88. The molecule has 0 aliphatic heterocycles. The van der Waals surface area contributed by atoms with Gasteiger partial charge in [0, 0.05) is 17.3 Å². The first-order chi connectivity index (χ1) is 13.3. The zero-order chi connectivity index (χ0) is 18.2. The van der Waals surface area contributed by atoms with Gasteiger partial charge in [0.15, 0.2) is 5.16 Å². The van der Waals surface area contributed by atoms with Crippen LogP contribution in [0.5, 0.6) is 0 Å². The molecule has 1 aliphatic carbocycles. The SMILES string of the molecule is C[C@H](Sc1nnc(Cc2cccs2)n1C1CC1)c1nnc(-c2cccs2)o1. The van der Waals surface area contributed by atoms with E-state index in [1.807, 2.05) is 17.5 Å². The van der Waals surface area contributed by atoms with Crippen molar-refractivity contribution in [3.8, 4) is 10.8 Å². The highest BCUT2D eigenvalue weighted by atomic mass is 32.2. The van der Waals surface area contributed by atoms with Crippen LogP contribution in [0.25, 0.3) is 10.8 Å². The zero-order valence-corrected chi connectivity index (χ0v) is 17.1. The van der Waals surface area contributed by atoms with Gasteiger partial charge in [0.05, 0.1) is 10.1 Å². The Morgan fingerprint density at radius 3 is 2.74 bits per heavy atom. The van der Waals surface area contributed by atoms with Gasteiger partial charge in [-0.25, -0.2) is 0 Å². The fourth-order valence-corrected chi connectivity index (χ4v) is 5.20. The number of nitrogens with zero attached hydrogens (tertiary/aromatic N) is 5. The largest absolute Gasteiger partial charge is 0.419 e. The lowest BCUT2D eigenvalue weighted by molar-refractivity contribution is 0.509. The predicted molar refractivity (Wildman–Crippen MR) is 107 cm³/mol. The smallest absolute Gasteiger partial charge is 0.257 e. The number of thiophene rings is 2. The molecule has 1 atom stereocenters. The van der Waals surface area contributed by atoms with Gasteiger partial charge in [0.2, 0.25) is 5.89 Å². The topological polar surface area (TPSA) is 69.6 Å². The van der Waals surface area contributed by atoms with Crippen molar-refractivity contribution in [2.75, 3.05) is 0 Å². The van der Waals surface area contributed by atoms with Crippen LogP contribution >= 0.6 is 34.4 Å². The summed E-state index contributed by atoms with van der Waals surface area (Å²) in [5.41, 5.74) is 0. The van der Waals surface area contributed by atoms with E-state index < -0.39 is 0 Å². The molecule has 0 saturated heterocycles. The molecular formula is C18H17N5OS3. The standard InChI is InChI=1S/C18H17N5OS3/c1-11(16-20-21-17(24-16)14-5-3-9-26-14)27-18-22-19-15(23(18)12-6-7-12)10-13-4-2-8-25-13/h2-5,8-9,11-12H,6-7,10H2,1H3/t11-/m0/s1. The molecule has 1 saturated carbocycles. The summed E-state index contributed by atoms with van der Waals surface area (Å²) in [6.07, 6.45) is 3.22. The average molecular weight is 416 g/mol. The fraction of sp³-hybridized carbons (Fsp3) is 0.333. The van der Waals surface area contributed by atoms with E-state index in [0.29, 0.717) is 17.8 Å². The van der Waals surface area contributed by atoms with E-state index in [4.69, 9.17) is 4.42 Å². The Hall–Kier alpha value is -1.97. The number of thioether (sulfide) groups is 1. The van der Waals surface area contributed by atoms with Crippen LogP contribution in [0, 0.1) is 0 Å². The molecule has 4 heterocycles. The van der Waals surface area contributed by atoms with Crippen molar-refractivity contribution in [1.29, 1.82) is 0 Å². The third kappa shape index (κ3) is 3.59.